The average Bonchev–Trinajstić information content (AvgIpc) is 0.747. The van der Waals surface area contributed by atoms with Gasteiger partial charge in [0.15, 0.2) is 25.2 Å². The molecular formula is C81H130N6O61. The van der Waals surface area contributed by atoms with Crippen LogP contribution in [0.15, 0.2) is 0 Å². The Kier molecular flexibility index (Phi) is 43.2. The summed E-state index contributed by atoms with van der Waals surface area (Å²) < 4.78 is 99.4. The number of nitrogens with one attached hydrogen (secondary N) is 6. The second-order valence-corrected chi connectivity index (χ2v) is 36.7. The number of carboxylic acid groups (broad SMARTS) is 5. The maximum atomic E-state index is 14.6. The molecule has 0 radical (unpaired) electrons. The third kappa shape index (κ3) is 26.9. The highest BCUT2D eigenvalue weighted by molar-refractivity contribution is 5.80. The van der Waals surface area contributed by atoms with Crippen LogP contribution in [-0.2, 0) is 133 Å². The van der Waals surface area contributed by atoms with Crippen molar-refractivity contribution in [3.05, 3.63) is 0 Å². The van der Waals surface area contributed by atoms with Gasteiger partial charge in [0.25, 0.3) is 28.9 Å². The number of aliphatic hydroxyl groups is 28. The maximum absolute atomic E-state index is 14.6. The Hall–Kier alpha value is -7.63. The SMILES string of the molecule is CC(=O)N[C@H]1[C@H](O[C@@H]2[C@H](O[C@]3(C(=O)O)C[C@H](O)[C@@H](NC(C)=O)[C@H]([C@H](O)[C@@H](CO)O[C@]4(C(=O)O)C[C@H](O)[C@@H](NC(C)=O)[C@H]([C@H](O)[C@@H](CO)O[C@]5(C(=O)O)C[C@H](O)[C@@H](NC(C)=O)[C@H]([C@H](O)[C@H](O)CO)O5)O4)O3)[C@@H](O)[C@H](O[C@H]3[C@H](O)[C@@H](O)C(O)O[C@@H]3CO)O[C@@H]2CO)O[C@H](CO)[C@H](O)[C@@H]1O[C@H]1O[C@H](CO)[C@H](O)[C@H](O[C@]2(C(=O)O)C[C@H](O)[C@@H](NC(C)=O)[C@H]([C@H](O)[C@@H](CO)O[C@]3(C(=O)O)C[C@H](O)[C@@H](NC(C)=O)[C@H]([C@H](O)[C@H](O)CO)O3)O2)[C@H]1O. The minimum Gasteiger partial charge on any atom is -0.477 e. The van der Waals surface area contributed by atoms with Crippen molar-refractivity contribution < 1.29 is 302 Å². The van der Waals surface area contributed by atoms with Crippen LogP contribution in [0.4, 0.5) is 0 Å². The van der Waals surface area contributed by atoms with Gasteiger partial charge in [0.2, 0.25) is 35.4 Å². The Morgan fingerprint density at radius 1 is 0.277 bits per heavy atom. The van der Waals surface area contributed by atoms with Gasteiger partial charge in [0, 0.05) is 73.6 Å². The van der Waals surface area contributed by atoms with Crippen LogP contribution in [-0.4, -0.2) is 597 Å². The number of carbonyl (C=O) groups is 11. The van der Waals surface area contributed by atoms with Gasteiger partial charge in [0.1, 0.15) is 189 Å². The number of rotatable bonds is 46. The standard InChI is InChI=1S/C81H130N6O61/c1-21(97)82-41-27(103)7-77(72(122)123,142-61(41)47(110)32(108)12-88)139-36(16-92)51(114)63-43(84-23(3)99)29(105)9-79(144-63,74(126)127)141-38(18-94)53(116)65-45(86-25(5)101)31(107)11-81(146-65,76(130)131)148-67-57(120)71(136-58-39(19-95)132-68(121)55(118)54(58)117)135-40(20-96)59(67)137-69-46(87-26(6)102)60(49(112)34(14-90)133-69)138-70-56(119)66(50(113)35(15-91)134-70)147-80(75(128)129)10-30(106)44(85-24(4)100)64(145-80)52(115)37(17-93)140-78(73(124)125)8-28(104)42(83-22(2)98)62(143-78)48(111)33(109)13-89/h27-71,88-96,103-121H,7-20H2,1-6H3,(H,82,97)(H,83,98)(H,84,99)(H,85,100)(H,86,101)(H,87,102)(H,122,123)(H,124,125)(H,126,127)(H,128,129)(H,130,131)/t27-,28-,29-,30-,31-,32+,33+,34+,35+,36+,37+,38+,39+,40+,41+,42+,43+,44+,45+,46+,47+,48+,49-,50-,51+,52+,53+,54+,55+,56+,57+,58+,59-,60+,61+,62+,63+,64+,65+,66-,67+,68?,69-,70+,71-,77+,78+,79+,80-,81-/m0/s1. The van der Waals surface area contributed by atoms with Crippen molar-refractivity contribution in [3.8, 4) is 0 Å². The quantitative estimate of drug-likeness (QED) is 0.0269. The average molecular weight is 2160 g/mol. The fraction of sp³-hybridized carbons (Fsp3) is 0.864. The molecule has 0 aromatic rings. The molecule has 0 aliphatic carbocycles. The monoisotopic (exact) mass is 2160 g/mol. The second-order valence-electron chi connectivity index (χ2n) is 36.7. The molecule has 850 valence electrons. The van der Waals surface area contributed by atoms with Gasteiger partial charge < -0.3 is 281 Å². The first kappa shape index (κ1) is 124. The zero-order chi connectivity index (χ0) is 111. The summed E-state index contributed by atoms with van der Waals surface area (Å²) in [6, 6.07) is -12.9. The number of aliphatic hydroxyl groups excluding tert-OH is 28. The smallest absolute Gasteiger partial charge is 0.364 e. The molecular weight excluding hydrogens is 2030 g/mol. The first-order chi connectivity index (χ1) is 69.2. The van der Waals surface area contributed by atoms with E-state index in [4.69, 9.17) is 80.5 Å². The summed E-state index contributed by atoms with van der Waals surface area (Å²) >= 11 is 0. The van der Waals surface area contributed by atoms with E-state index in [-0.39, 0.29) is 0 Å². The first-order valence-electron chi connectivity index (χ1n) is 45.8. The number of carboxylic acids is 5. The van der Waals surface area contributed by atoms with E-state index < -0.39 is 461 Å². The predicted octanol–water partition coefficient (Wildman–Crippen LogP) is -23.7. The highest BCUT2D eigenvalue weighted by atomic mass is 16.8. The Morgan fingerprint density at radius 3 is 0.824 bits per heavy atom. The van der Waals surface area contributed by atoms with Crippen molar-refractivity contribution in [1.29, 1.82) is 0 Å². The van der Waals surface area contributed by atoms with Crippen molar-refractivity contribution in [2.45, 2.75) is 378 Å². The largest absolute Gasteiger partial charge is 0.477 e. The van der Waals surface area contributed by atoms with Gasteiger partial charge in [-0.05, 0) is 0 Å². The lowest BCUT2D eigenvalue weighted by Gasteiger charge is -2.53. The number of amides is 6. The third-order valence-electron chi connectivity index (χ3n) is 26.1. The lowest BCUT2D eigenvalue weighted by Crippen LogP contribution is -2.73. The van der Waals surface area contributed by atoms with Gasteiger partial charge in [-0.1, -0.05) is 0 Å². The van der Waals surface area contributed by atoms with Gasteiger partial charge in [-0.15, -0.1) is 0 Å². The minimum atomic E-state index is -3.95. The Morgan fingerprint density at radius 2 is 0.527 bits per heavy atom. The molecule has 50 atom stereocenters. The summed E-state index contributed by atoms with van der Waals surface area (Å²) in [7, 11) is 0. The molecule has 9 aliphatic heterocycles. The Labute approximate surface area is 833 Å². The Balaban J connectivity index is 1.09. The van der Waals surface area contributed by atoms with Gasteiger partial charge in [-0.2, -0.15) is 0 Å². The van der Waals surface area contributed by atoms with Crippen LogP contribution in [0.3, 0.4) is 0 Å². The molecule has 0 bridgehead atoms. The third-order valence-corrected chi connectivity index (χ3v) is 26.1. The number of hydrogen-bond donors (Lipinski definition) is 39. The number of hydrogen-bond acceptors (Lipinski definition) is 56. The van der Waals surface area contributed by atoms with Crippen LogP contribution in [0.25, 0.3) is 0 Å². The number of ether oxygens (including phenoxy) is 17. The molecule has 9 heterocycles. The van der Waals surface area contributed by atoms with Crippen molar-refractivity contribution in [1.82, 2.24) is 31.9 Å². The summed E-state index contributed by atoms with van der Waals surface area (Å²) in [6.45, 7) is -8.70. The Bertz CT molecular complexity index is 4450. The fourth-order valence-corrected chi connectivity index (χ4v) is 18.9. The van der Waals surface area contributed by atoms with Crippen LogP contribution < -0.4 is 31.9 Å². The first-order valence-corrected chi connectivity index (χ1v) is 45.8. The van der Waals surface area contributed by atoms with E-state index in [2.05, 4.69) is 31.9 Å². The van der Waals surface area contributed by atoms with Gasteiger partial charge in [-0.25, -0.2) is 24.0 Å². The van der Waals surface area contributed by atoms with Crippen LogP contribution in [0, 0.1) is 0 Å². The molecule has 9 aliphatic rings. The van der Waals surface area contributed by atoms with Crippen molar-refractivity contribution >= 4 is 65.3 Å². The molecule has 0 spiro atoms. The zero-order valence-corrected chi connectivity index (χ0v) is 79.1. The molecule has 0 aromatic heterocycles. The molecule has 0 aromatic carbocycles. The summed E-state index contributed by atoms with van der Waals surface area (Å²) in [5.41, 5.74) is 0. The summed E-state index contributed by atoms with van der Waals surface area (Å²) in [4.78, 5) is 147. The minimum absolute atomic E-state index is 0.726. The van der Waals surface area contributed by atoms with Crippen LogP contribution in [0.1, 0.15) is 73.6 Å². The van der Waals surface area contributed by atoms with Gasteiger partial charge in [-0.3, -0.25) is 28.8 Å². The molecule has 6 amide bonds. The summed E-state index contributed by atoms with van der Waals surface area (Å²) in [6.07, 6.45) is -107. The molecule has 148 heavy (non-hydrogen) atoms. The van der Waals surface area contributed by atoms with E-state index in [1.165, 1.54) is 0 Å². The van der Waals surface area contributed by atoms with Gasteiger partial charge in [0.05, 0.1) is 120 Å². The lowest BCUT2D eigenvalue weighted by molar-refractivity contribution is -0.405. The van der Waals surface area contributed by atoms with Crippen LogP contribution in [0.2, 0.25) is 0 Å². The molecule has 9 saturated heterocycles. The van der Waals surface area contributed by atoms with Crippen molar-refractivity contribution in [2.75, 3.05) is 59.5 Å². The topological polar surface area (TPSA) is 1080 Å². The summed E-state index contributed by atoms with van der Waals surface area (Å²) in [5, 5.41) is 387. The van der Waals surface area contributed by atoms with Crippen molar-refractivity contribution in [2.24, 2.45) is 0 Å². The predicted molar refractivity (Wildman–Crippen MR) is 453 cm³/mol. The molecule has 9 fully saturated rings. The van der Waals surface area contributed by atoms with E-state index in [1.54, 1.807) is 0 Å². The van der Waals surface area contributed by atoms with E-state index >= 15 is 0 Å². The zero-order valence-electron chi connectivity index (χ0n) is 79.1. The number of carbonyl (C=O) groups excluding carboxylic acids is 6. The molecule has 67 heteroatoms. The van der Waals surface area contributed by atoms with E-state index in [0.717, 1.165) is 41.5 Å². The lowest BCUT2D eigenvalue weighted by atomic mass is 9.86. The molecule has 0 saturated carbocycles. The highest BCUT2D eigenvalue weighted by Gasteiger charge is 2.69. The highest BCUT2D eigenvalue weighted by Crippen LogP contribution is 2.47. The van der Waals surface area contributed by atoms with Crippen molar-refractivity contribution in [3.63, 3.8) is 0 Å². The molecule has 9 rings (SSSR count). The van der Waals surface area contributed by atoms with Crippen LogP contribution in [0.5, 0.6) is 0 Å². The second kappa shape index (κ2) is 51.6. The number of aliphatic carboxylic acids is 5. The summed E-state index contributed by atoms with van der Waals surface area (Å²) in [5.74, 6) is -37.1. The normalized spacial score (nSPS) is 41.9. The van der Waals surface area contributed by atoms with E-state index in [1.807, 2.05) is 0 Å². The molecule has 67 nitrogen and oxygen atoms in total. The van der Waals surface area contributed by atoms with Gasteiger partial charge >= 0.3 is 29.8 Å². The maximum Gasteiger partial charge on any atom is 0.364 e. The fourth-order valence-electron chi connectivity index (χ4n) is 18.9. The van der Waals surface area contributed by atoms with Crippen LogP contribution >= 0.6 is 0 Å². The van der Waals surface area contributed by atoms with E-state index in [0.29, 0.717) is 0 Å². The molecule has 39 N–H and O–H groups in total. The van der Waals surface area contributed by atoms with E-state index in [9.17, 15) is 221 Å². The molecule has 1 unspecified atom stereocenters.